The molecular formula is C11H13Br2NO. The first-order valence-corrected chi connectivity index (χ1v) is 6.57. The van der Waals surface area contributed by atoms with Crippen molar-refractivity contribution in [1.82, 2.24) is 5.32 Å². The van der Waals surface area contributed by atoms with Crippen LogP contribution in [-0.2, 0) is 6.54 Å². The van der Waals surface area contributed by atoms with Crippen molar-refractivity contribution < 1.29 is 5.11 Å². The van der Waals surface area contributed by atoms with Crippen LogP contribution in [0.15, 0.2) is 21.1 Å². The Hall–Kier alpha value is -0.0600. The van der Waals surface area contributed by atoms with Crippen LogP contribution in [0.2, 0.25) is 0 Å². The molecule has 1 fully saturated rings. The third-order valence-corrected chi connectivity index (χ3v) is 3.96. The molecule has 1 aromatic rings. The van der Waals surface area contributed by atoms with E-state index in [-0.39, 0.29) is 5.75 Å². The van der Waals surface area contributed by atoms with Crippen molar-refractivity contribution in [2.75, 3.05) is 0 Å². The van der Waals surface area contributed by atoms with Gasteiger partial charge in [0.1, 0.15) is 5.75 Å². The Morgan fingerprint density at radius 3 is 2.40 bits per heavy atom. The molecule has 0 amide bonds. The van der Waals surface area contributed by atoms with E-state index in [1.54, 1.807) is 0 Å². The zero-order chi connectivity index (χ0) is 11.0. The highest BCUT2D eigenvalue weighted by Gasteiger charge is 2.31. The second kappa shape index (κ2) is 4.44. The lowest BCUT2D eigenvalue weighted by Crippen LogP contribution is -2.16. The maximum atomic E-state index is 9.55. The van der Waals surface area contributed by atoms with Gasteiger partial charge >= 0.3 is 0 Å². The molecule has 0 radical (unpaired) electrons. The quantitative estimate of drug-likeness (QED) is 0.887. The normalized spacial score (nSPS) is 24.2. The van der Waals surface area contributed by atoms with E-state index in [2.05, 4.69) is 44.1 Å². The number of nitrogens with one attached hydrogen (secondary N) is 1. The molecule has 1 aromatic carbocycles. The van der Waals surface area contributed by atoms with Crippen molar-refractivity contribution in [1.29, 1.82) is 0 Å². The monoisotopic (exact) mass is 333 g/mol. The molecule has 0 spiro atoms. The Morgan fingerprint density at radius 2 is 1.93 bits per heavy atom. The average molecular weight is 335 g/mol. The van der Waals surface area contributed by atoms with Crippen LogP contribution >= 0.6 is 31.9 Å². The molecule has 82 valence electrons. The number of rotatable bonds is 3. The van der Waals surface area contributed by atoms with Crippen LogP contribution in [0.25, 0.3) is 0 Å². The average Bonchev–Trinajstić information content (AvgIpc) is 2.88. The van der Waals surface area contributed by atoms with Crippen LogP contribution in [0.4, 0.5) is 0 Å². The third-order valence-electron chi connectivity index (χ3n) is 2.75. The number of hydrogen-bond acceptors (Lipinski definition) is 2. The van der Waals surface area contributed by atoms with Gasteiger partial charge in [-0.05, 0) is 61.9 Å². The largest absolute Gasteiger partial charge is 0.506 e. The summed E-state index contributed by atoms with van der Waals surface area (Å²) in [6, 6.07) is 4.57. The van der Waals surface area contributed by atoms with Gasteiger partial charge in [0.05, 0.1) is 8.95 Å². The number of benzene rings is 1. The van der Waals surface area contributed by atoms with Gasteiger partial charge < -0.3 is 10.4 Å². The molecule has 0 aromatic heterocycles. The fourth-order valence-electron chi connectivity index (χ4n) is 1.58. The van der Waals surface area contributed by atoms with Crippen LogP contribution < -0.4 is 5.32 Å². The van der Waals surface area contributed by atoms with Crippen molar-refractivity contribution in [3.63, 3.8) is 0 Å². The van der Waals surface area contributed by atoms with Gasteiger partial charge in [-0.2, -0.15) is 0 Å². The van der Waals surface area contributed by atoms with Crippen molar-refractivity contribution in [3.05, 3.63) is 26.6 Å². The minimum absolute atomic E-state index is 0.263. The summed E-state index contributed by atoms with van der Waals surface area (Å²) >= 11 is 6.65. The van der Waals surface area contributed by atoms with E-state index in [0.29, 0.717) is 6.04 Å². The van der Waals surface area contributed by atoms with Crippen LogP contribution in [0, 0.1) is 5.92 Å². The van der Waals surface area contributed by atoms with Crippen molar-refractivity contribution in [2.45, 2.75) is 25.9 Å². The molecule has 2 atom stereocenters. The molecule has 0 aliphatic heterocycles. The van der Waals surface area contributed by atoms with E-state index in [1.165, 1.54) is 12.0 Å². The number of phenolic OH excluding ortho intramolecular Hbond substituents is 1. The second-order valence-electron chi connectivity index (χ2n) is 4.11. The molecule has 2 nitrogen and oxygen atoms in total. The van der Waals surface area contributed by atoms with Gasteiger partial charge in [-0.15, -0.1) is 0 Å². The van der Waals surface area contributed by atoms with E-state index in [4.69, 9.17) is 0 Å². The Labute approximate surface area is 106 Å². The lowest BCUT2D eigenvalue weighted by molar-refractivity contribution is 0.468. The molecule has 1 aliphatic carbocycles. The number of phenols is 1. The predicted molar refractivity (Wildman–Crippen MR) is 67.9 cm³/mol. The zero-order valence-corrected chi connectivity index (χ0v) is 11.6. The molecule has 2 rings (SSSR count). The fourth-order valence-corrected chi connectivity index (χ4v) is 2.86. The first-order chi connectivity index (χ1) is 7.08. The first-order valence-electron chi connectivity index (χ1n) is 4.98. The summed E-state index contributed by atoms with van der Waals surface area (Å²) in [5.41, 5.74) is 1.17. The smallest absolute Gasteiger partial charge is 0.143 e. The Morgan fingerprint density at radius 1 is 1.40 bits per heavy atom. The molecule has 0 saturated heterocycles. The number of hydrogen-bond donors (Lipinski definition) is 2. The third kappa shape index (κ3) is 2.74. The van der Waals surface area contributed by atoms with Gasteiger partial charge in [-0.1, -0.05) is 6.92 Å². The standard InChI is InChI=1S/C11H13Br2NO/c1-6-2-10(6)14-5-7-3-8(12)11(15)9(13)4-7/h3-4,6,10,14-15H,2,5H2,1H3. The Kier molecular flexibility index (Phi) is 3.38. The van der Waals surface area contributed by atoms with Gasteiger partial charge in [0, 0.05) is 12.6 Å². The maximum absolute atomic E-state index is 9.55. The summed E-state index contributed by atoms with van der Waals surface area (Å²) in [5.74, 6) is 1.08. The van der Waals surface area contributed by atoms with Gasteiger partial charge in [0.2, 0.25) is 0 Å². The molecule has 0 bridgehead atoms. The molecular weight excluding hydrogens is 322 g/mol. The van der Waals surface area contributed by atoms with Crippen molar-refractivity contribution >= 4 is 31.9 Å². The number of halogens is 2. The summed E-state index contributed by atoms with van der Waals surface area (Å²) in [5, 5.41) is 13.0. The molecule has 0 heterocycles. The minimum Gasteiger partial charge on any atom is -0.506 e. The Bertz CT molecular complexity index is 358. The molecule has 1 saturated carbocycles. The van der Waals surface area contributed by atoms with E-state index in [0.717, 1.165) is 21.4 Å². The van der Waals surface area contributed by atoms with Crippen LogP contribution in [0.5, 0.6) is 5.75 Å². The molecule has 2 N–H and O–H groups in total. The summed E-state index contributed by atoms with van der Waals surface area (Å²) in [7, 11) is 0. The van der Waals surface area contributed by atoms with Crippen molar-refractivity contribution in [3.8, 4) is 5.75 Å². The lowest BCUT2D eigenvalue weighted by Gasteiger charge is -2.07. The van der Waals surface area contributed by atoms with E-state index in [1.807, 2.05) is 12.1 Å². The lowest BCUT2D eigenvalue weighted by atomic mass is 10.2. The zero-order valence-electron chi connectivity index (χ0n) is 8.43. The topological polar surface area (TPSA) is 32.3 Å². The van der Waals surface area contributed by atoms with Gasteiger partial charge in [0.15, 0.2) is 0 Å². The van der Waals surface area contributed by atoms with Crippen LogP contribution in [-0.4, -0.2) is 11.1 Å². The first kappa shape index (κ1) is 11.4. The highest BCUT2D eigenvalue weighted by molar-refractivity contribution is 9.11. The summed E-state index contributed by atoms with van der Waals surface area (Å²) in [6.45, 7) is 3.10. The minimum atomic E-state index is 0.263. The Balaban J connectivity index is 2.02. The van der Waals surface area contributed by atoms with Crippen LogP contribution in [0.1, 0.15) is 18.9 Å². The highest BCUT2D eigenvalue weighted by Crippen LogP contribution is 2.34. The van der Waals surface area contributed by atoms with Gasteiger partial charge in [-0.25, -0.2) is 0 Å². The van der Waals surface area contributed by atoms with Gasteiger partial charge in [-0.3, -0.25) is 0 Å². The maximum Gasteiger partial charge on any atom is 0.143 e. The predicted octanol–water partition coefficient (Wildman–Crippen LogP) is 3.42. The second-order valence-corrected chi connectivity index (χ2v) is 5.82. The van der Waals surface area contributed by atoms with E-state index >= 15 is 0 Å². The highest BCUT2D eigenvalue weighted by atomic mass is 79.9. The van der Waals surface area contributed by atoms with Gasteiger partial charge in [0.25, 0.3) is 0 Å². The fraction of sp³-hybridized carbons (Fsp3) is 0.455. The van der Waals surface area contributed by atoms with E-state index < -0.39 is 0 Å². The SMILES string of the molecule is CC1CC1NCc1cc(Br)c(O)c(Br)c1. The summed E-state index contributed by atoms with van der Waals surface area (Å²) < 4.78 is 1.47. The molecule has 15 heavy (non-hydrogen) atoms. The molecule has 2 unspecified atom stereocenters. The van der Waals surface area contributed by atoms with E-state index in [9.17, 15) is 5.11 Å². The summed E-state index contributed by atoms with van der Waals surface area (Å²) in [6.07, 6.45) is 1.28. The summed E-state index contributed by atoms with van der Waals surface area (Å²) in [4.78, 5) is 0. The van der Waals surface area contributed by atoms with Crippen LogP contribution in [0.3, 0.4) is 0 Å². The number of aromatic hydroxyl groups is 1. The molecule has 4 heteroatoms. The molecule has 1 aliphatic rings. The van der Waals surface area contributed by atoms with Crippen molar-refractivity contribution in [2.24, 2.45) is 5.92 Å².